The van der Waals surface area contributed by atoms with Crippen LogP contribution in [0.3, 0.4) is 0 Å². The molecule has 0 spiro atoms. The van der Waals surface area contributed by atoms with Crippen LogP contribution in [0.1, 0.15) is 158 Å². The maximum atomic E-state index is 2.59. The summed E-state index contributed by atoms with van der Waals surface area (Å²) in [7, 11) is 0. The van der Waals surface area contributed by atoms with Crippen LogP contribution in [0.2, 0.25) is 0 Å². The smallest absolute Gasteiger partial charge is 0.0541 e. The van der Waals surface area contributed by atoms with Gasteiger partial charge in [-0.25, -0.2) is 0 Å². The minimum absolute atomic E-state index is 0.0174. The second-order valence-corrected chi connectivity index (χ2v) is 28.9. The van der Waals surface area contributed by atoms with E-state index in [0.717, 1.165) is 17.1 Å². The molecule has 0 aliphatic heterocycles. The number of benzene rings is 10. The zero-order valence-corrected chi connectivity index (χ0v) is 50.1. The molecule has 0 unspecified atom stereocenters. The van der Waals surface area contributed by atoms with Crippen molar-refractivity contribution in [3.8, 4) is 27.9 Å². The van der Waals surface area contributed by atoms with Gasteiger partial charge in [0, 0.05) is 32.9 Å². The van der Waals surface area contributed by atoms with Crippen LogP contribution in [-0.2, 0) is 32.5 Å². The van der Waals surface area contributed by atoms with Crippen LogP contribution in [0.25, 0.3) is 82.1 Å². The van der Waals surface area contributed by atoms with Crippen LogP contribution in [0, 0.1) is 0 Å². The molecule has 396 valence electrons. The quantitative estimate of drug-likeness (QED) is 0.151. The minimum atomic E-state index is -0.0905. The largest absolute Gasteiger partial charge is 0.310 e. The molecule has 11 rings (SSSR count). The Kier molecular flexibility index (Phi) is 12.3. The summed E-state index contributed by atoms with van der Waals surface area (Å²) in [6.07, 6.45) is 0. The molecule has 0 saturated carbocycles. The van der Waals surface area contributed by atoms with E-state index in [1.165, 1.54) is 115 Å². The molecule has 0 N–H and O–H groups in total. The fourth-order valence-electron chi connectivity index (χ4n) is 11.8. The van der Waals surface area contributed by atoms with Gasteiger partial charge in [-0.2, -0.15) is 0 Å². The van der Waals surface area contributed by atoms with E-state index in [2.05, 4.69) is 304 Å². The topological polar surface area (TPSA) is 8.17 Å². The van der Waals surface area contributed by atoms with Crippen LogP contribution < -0.4 is 4.90 Å². The first-order chi connectivity index (χ1) is 36.4. The van der Waals surface area contributed by atoms with Crippen molar-refractivity contribution in [3.05, 3.63) is 203 Å². The van der Waals surface area contributed by atoms with Gasteiger partial charge >= 0.3 is 0 Å². The Bertz CT molecular complexity index is 3920. The third-order valence-corrected chi connectivity index (χ3v) is 16.9. The van der Waals surface area contributed by atoms with Crippen molar-refractivity contribution in [1.82, 2.24) is 4.57 Å². The van der Waals surface area contributed by atoms with Crippen molar-refractivity contribution in [3.63, 3.8) is 0 Å². The first-order valence-corrected chi connectivity index (χ1v) is 28.6. The summed E-state index contributed by atoms with van der Waals surface area (Å²) in [5.74, 6) is 0. The minimum Gasteiger partial charge on any atom is -0.310 e. The first-order valence-electron chi connectivity index (χ1n) is 28.6. The summed E-state index contributed by atoms with van der Waals surface area (Å²) >= 11 is 0. The summed E-state index contributed by atoms with van der Waals surface area (Å²) in [5.41, 5.74) is 19.8. The Morgan fingerprint density at radius 1 is 0.269 bits per heavy atom. The summed E-state index contributed by atoms with van der Waals surface area (Å²) in [5, 5.41) is 10.1. The fraction of sp³-hybridized carbons (Fsp3) is 0.316. The predicted molar refractivity (Wildman–Crippen MR) is 342 cm³/mol. The van der Waals surface area contributed by atoms with Gasteiger partial charge in [-0.15, -0.1) is 0 Å². The molecular formula is C76H82N2. The van der Waals surface area contributed by atoms with Gasteiger partial charge in [-0.05, 0) is 176 Å². The number of aromatic nitrogens is 1. The molecule has 78 heavy (non-hydrogen) atoms. The van der Waals surface area contributed by atoms with Gasteiger partial charge < -0.3 is 9.47 Å². The van der Waals surface area contributed by atoms with Crippen molar-refractivity contribution < 1.29 is 0 Å². The van der Waals surface area contributed by atoms with E-state index in [-0.39, 0.29) is 32.5 Å². The molecule has 0 atom stereocenters. The van der Waals surface area contributed by atoms with E-state index in [1.54, 1.807) is 0 Å². The van der Waals surface area contributed by atoms with Crippen molar-refractivity contribution in [2.75, 3.05) is 4.90 Å². The maximum Gasteiger partial charge on any atom is 0.0541 e. The molecule has 2 nitrogen and oxygen atoms in total. The van der Waals surface area contributed by atoms with Crippen LogP contribution in [0.5, 0.6) is 0 Å². The lowest BCUT2D eigenvalue weighted by Crippen LogP contribution is -2.19. The van der Waals surface area contributed by atoms with Crippen LogP contribution >= 0.6 is 0 Å². The van der Waals surface area contributed by atoms with Crippen molar-refractivity contribution >= 4 is 71.2 Å². The standard InChI is InChI=1S/C76H82N2/c1-71(2,3)53-27-19-47(20-28-53)51-39-52(48-21-29-54(30-22-48)72(4,5)6)41-59(40-51)77(60-43-57(75(13,14)15)42-58(44-60)76(16,17)18)65-35-25-49-24-34-62-66(36-26-50-23-33-61(65)69(49)70(50)62)78-67-37-31-55(73(7,8)9)45-63(67)64-46-56(74(10,11)12)32-38-68(64)78/h19-46H,1-18H3. The zero-order chi connectivity index (χ0) is 55.8. The first kappa shape index (κ1) is 52.9. The van der Waals surface area contributed by atoms with E-state index in [1.807, 2.05) is 0 Å². The highest BCUT2D eigenvalue weighted by atomic mass is 15.1. The molecule has 2 heteroatoms. The third-order valence-electron chi connectivity index (χ3n) is 16.9. The Balaban J connectivity index is 1.21. The lowest BCUT2D eigenvalue weighted by molar-refractivity contribution is 0.568. The number of fused-ring (bicyclic) bond motifs is 3. The normalized spacial score (nSPS) is 13.3. The molecular weight excluding hydrogens is 941 g/mol. The second kappa shape index (κ2) is 18.2. The zero-order valence-electron chi connectivity index (χ0n) is 50.1. The highest BCUT2D eigenvalue weighted by molar-refractivity contribution is 6.27. The SMILES string of the molecule is CC(C)(C)c1ccc(-c2cc(-c3ccc(C(C)(C)C)cc3)cc(N(c3cc(C(C)(C)C)cc(C(C)(C)C)c3)c3ccc4ccc5c(-n6c7ccc(C(C)(C)C)cc7c7cc(C(C)(C)C)ccc76)ccc6ccc3c4c65)c2)cc1. The molecule has 1 heterocycles. The average Bonchev–Trinajstić information content (AvgIpc) is 3.84. The Hall–Kier alpha value is -7.16. The van der Waals surface area contributed by atoms with Gasteiger partial charge in [-0.3, -0.25) is 0 Å². The fourth-order valence-corrected chi connectivity index (χ4v) is 11.8. The van der Waals surface area contributed by atoms with E-state index in [0.29, 0.717) is 0 Å². The summed E-state index contributed by atoms with van der Waals surface area (Å²) in [6, 6.07) is 66.6. The third kappa shape index (κ3) is 9.48. The van der Waals surface area contributed by atoms with Gasteiger partial charge in [0.1, 0.15) is 0 Å². The highest BCUT2D eigenvalue weighted by Gasteiger charge is 2.28. The molecule has 11 aromatic rings. The van der Waals surface area contributed by atoms with E-state index >= 15 is 0 Å². The van der Waals surface area contributed by atoms with Gasteiger partial charge in [0.15, 0.2) is 0 Å². The van der Waals surface area contributed by atoms with Crippen LogP contribution in [-0.4, -0.2) is 4.57 Å². The summed E-state index contributed by atoms with van der Waals surface area (Å²) in [4.78, 5) is 2.59. The van der Waals surface area contributed by atoms with Crippen molar-refractivity contribution in [2.24, 2.45) is 0 Å². The van der Waals surface area contributed by atoms with E-state index in [9.17, 15) is 0 Å². The molecule has 0 amide bonds. The Morgan fingerprint density at radius 2 is 0.641 bits per heavy atom. The highest BCUT2D eigenvalue weighted by Crippen LogP contribution is 2.49. The lowest BCUT2D eigenvalue weighted by atomic mass is 9.80. The second-order valence-electron chi connectivity index (χ2n) is 28.9. The molecule has 0 bridgehead atoms. The number of anilines is 3. The van der Waals surface area contributed by atoms with Gasteiger partial charge in [0.2, 0.25) is 0 Å². The van der Waals surface area contributed by atoms with Gasteiger partial charge in [0.25, 0.3) is 0 Å². The molecule has 0 saturated heterocycles. The summed E-state index contributed by atoms with van der Waals surface area (Å²) in [6.45, 7) is 41.8. The number of rotatable bonds is 6. The summed E-state index contributed by atoms with van der Waals surface area (Å²) < 4.78 is 2.55. The predicted octanol–water partition coefficient (Wildman–Crippen LogP) is 22.3. The molecule has 0 aliphatic rings. The monoisotopic (exact) mass is 1020 g/mol. The molecule has 0 aliphatic carbocycles. The Morgan fingerprint density at radius 3 is 1.08 bits per heavy atom. The van der Waals surface area contributed by atoms with Gasteiger partial charge in [-0.1, -0.05) is 228 Å². The van der Waals surface area contributed by atoms with Crippen molar-refractivity contribution in [2.45, 2.75) is 157 Å². The van der Waals surface area contributed by atoms with E-state index in [4.69, 9.17) is 0 Å². The lowest BCUT2D eigenvalue weighted by Gasteiger charge is -2.32. The Labute approximate surface area is 466 Å². The maximum absolute atomic E-state index is 2.59. The molecule has 1 aromatic heterocycles. The van der Waals surface area contributed by atoms with Crippen molar-refractivity contribution in [1.29, 1.82) is 0 Å². The van der Waals surface area contributed by atoms with Crippen LogP contribution in [0.4, 0.5) is 17.1 Å². The number of nitrogens with zero attached hydrogens (tertiary/aromatic N) is 2. The van der Waals surface area contributed by atoms with E-state index < -0.39 is 0 Å². The molecule has 0 radical (unpaired) electrons. The molecule has 0 fully saturated rings. The van der Waals surface area contributed by atoms with Crippen LogP contribution in [0.15, 0.2) is 170 Å². The van der Waals surface area contributed by atoms with Gasteiger partial charge in [0.05, 0.1) is 22.4 Å². The molecule has 10 aromatic carbocycles. The average molecular weight is 1020 g/mol. The number of hydrogen-bond donors (Lipinski definition) is 0. The number of hydrogen-bond acceptors (Lipinski definition) is 1.